The molecule has 0 radical (unpaired) electrons. The van der Waals surface area contributed by atoms with E-state index in [1.807, 2.05) is 0 Å². The van der Waals surface area contributed by atoms with E-state index in [0.29, 0.717) is 27.1 Å². The molecule has 0 bridgehead atoms. The first-order valence-electron chi connectivity index (χ1n) is 5.38. The Kier molecular flexibility index (Phi) is 3.71. The zero-order chi connectivity index (χ0) is 14.0. The first-order chi connectivity index (χ1) is 8.95. The molecule has 5 N–H and O–H groups in total. The smallest absolute Gasteiger partial charge is 0.255 e. The van der Waals surface area contributed by atoms with Crippen LogP contribution in [-0.2, 0) is 0 Å². The van der Waals surface area contributed by atoms with Crippen molar-refractivity contribution < 1.29 is 9.18 Å². The SMILES string of the molecule is Nc1cc(N)cc(C(=O)Nc2ccc(Br)c(F)c2)c1. The Balaban J connectivity index is 2.22. The van der Waals surface area contributed by atoms with Crippen LogP contribution in [0.25, 0.3) is 0 Å². The van der Waals surface area contributed by atoms with Crippen LogP contribution < -0.4 is 16.8 Å². The zero-order valence-corrected chi connectivity index (χ0v) is 11.4. The van der Waals surface area contributed by atoms with Gasteiger partial charge in [0.25, 0.3) is 5.91 Å². The maximum absolute atomic E-state index is 13.3. The van der Waals surface area contributed by atoms with Crippen LogP contribution in [0.15, 0.2) is 40.9 Å². The van der Waals surface area contributed by atoms with Crippen LogP contribution in [0.1, 0.15) is 10.4 Å². The molecule has 0 aromatic heterocycles. The molecule has 0 aliphatic rings. The number of rotatable bonds is 2. The molecule has 19 heavy (non-hydrogen) atoms. The summed E-state index contributed by atoms with van der Waals surface area (Å²) in [6, 6.07) is 8.87. The number of hydrogen-bond acceptors (Lipinski definition) is 3. The van der Waals surface area contributed by atoms with Crippen molar-refractivity contribution in [2.45, 2.75) is 0 Å². The van der Waals surface area contributed by atoms with E-state index >= 15 is 0 Å². The Bertz CT molecular complexity index is 626. The Morgan fingerprint density at radius 2 is 1.74 bits per heavy atom. The zero-order valence-electron chi connectivity index (χ0n) is 9.78. The molecular weight excluding hydrogens is 313 g/mol. The molecule has 0 heterocycles. The maximum Gasteiger partial charge on any atom is 0.255 e. The highest BCUT2D eigenvalue weighted by molar-refractivity contribution is 9.10. The molecule has 0 fully saturated rings. The quantitative estimate of drug-likeness (QED) is 0.743. The molecule has 6 heteroatoms. The molecule has 2 rings (SSSR count). The van der Waals surface area contributed by atoms with E-state index in [0.717, 1.165) is 0 Å². The van der Waals surface area contributed by atoms with Crippen molar-refractivity contribution >= 4 is 38.9 Å². The lowest BCUT2D eigenvalue weighted by Gasteiger charge is -2.07. The molecule has 0 spiro atoms. The summed E-state index contributed by atoms with van der Waals surface area (Å²) in [4.78, 5) is 12.0. The van der Waals surface area contributed by atoms with E-state index in [2.05, 4.69) is 21.2 Å². The Hall–Kier alpha value is -2.08. The van der Waals surface area contributed by atoms with Crippen molar-refractivity contribution in [1.82, 2.24) is 0 Å². The first kappa shape index (κ1) is 13.4. The number of carbonyl (C=O) groups excluding carboxylic acids is 1. The van der Waals surface area contributed by atoms with Gasteiger partial charge >= 0.3 is 0 Å². The van der Waals surface area contributed by atoms with Gasteiger partial charge in [-0.1, -0.05) is 0 Å². The average Bonchev–Trinajstić information content (AvgIpc) is 2.32. The summed E-state index contributed by atoms with van der Waals surface area (Å²) in [5, 5.41) is 2.57. The van der Waals surface area contributed by atoms with Crippen LogP contribution >= 0.6 is 15.9 Å². The van der Waals surface area contributed by atoms with Crippen molar-refractivity contribution in [3.63, 3.8) is 0 Å². The van der Waals surface area contributed by atoms with Crippen LogP contribution in [0.2, 0.25) is 0 Å². The van der Waals surface area contributed by atoms with Gasteiger partial charge in [-0.15, -0.1) is 0 Å². The molecule has 2 aromatic carbocycles. The van der Waals surface area contributed by atoms with Crippen molar-refractivity contribution in [1.29, 1.82) is 0 Å². The van der Waals surface area contributed by atoms with Crippen molar-refractivity contribution in [3.05, 3.63) is 52.3 Å². The minimum Gasteiger partial charge on any atom is -0.399 e. The standard InChI is InChI=1S/C13H11BrFN3O/c14-11-2-1-10(6-12(11)15)18-13(19)7-3-8(16)5-9(17)4-7/h1-6H,16-17H2,(H,18,19). The molecule has 0 unspecified atom stereocenters. The molecule has 98 valence electrons. The molecular formula is C13H11BrFN3O. The third kappa shape index (κ3) is 3.23. The Morgan fingerprint density at radius 3 is 2.32 bits per heavy atom. The lowest BCUT2D eigenvalue weighted by Crippen LogP contribution is -2.12. The highest BCUT2D eigenvalue weighted by Crippen LogP contribution is 2.20. The molecule has 0 atom stereocenters. The summed E-state index contributed by atoms with van der Waals surface area (Å²) in [7, 11) is 0. The number of amides is 1. The van der Waals surface area contributed by atoms with Crippen LogP contribution in [0.4, 0.5) is 21.5 Å². The van der Waals surface area contributed by atoms with Gasteiger partial charge < -0.3 is 16.8 Å². The van der Waals surface area contributed by atoms with Gasteiger partial charge in [0, 0.05) is 22.6 Å². The lowest BCUT2D eigenvalue weighted by molar-refractivity contribution is 0.102. The Labute approximate surface area is 117 Å². The van der Waals surface area contributed by atoms with Crippen molar-refractivity contribution in [2.24, 2.45) is 0 Å². The predicted molar refractivity (Wildman–Crippen MR) is 77.3 cm³/mol. The number of nitrogens with one attached hydrogen (secondary N) is 1. The van der Waals surface area contributed by atoms with Crippen molar-refractivity contribution in [2.75, 3.05) is 16.8 Å². The lowest BCUT2D eigenvalue weighted by atomic mass is 10.1. The first-order valence-corrected chi connectivity index (χ1v) is 6.17. The number of anilines is 3. The molecule has 1 amide bonds. The van der Waals surface area contributed by atoms with Gasteiger partial charge in [0.2, 0.25) is 0 Å². The van der Waals surface area contributed by atoms with Gasteiger partial charge in [-0.2, -0.15) is 0 Å². The minimum absolute atomic E-state index is 0.320. The molecule has 4 nitrogen and oxygen atoms in total. The third-order valence-corrected chi connectivity index (χ3v) is 3.06. The molecule has 0 aliphatic heterocycles. The largest absolute Gasteiger partial charge is 0.399 e. The number of hydrogen-bond donors (Lipinski definition) is 3. The fourth-order valence-electron chi connectivity index (χ4n) is 1.58. The monoisotopic (exact) mass is 323 g/mol. The van der Waals surface area contributed by atoms with Gasteiger partial charge in [0.05, 0.1) is 4.47 Å². The Morgan fingerprint density at radius 1 is 1.11 bits per heavy atom. The summed E-state index contributed by atoms with van der Waals surface area (Å²) >= 11 is 3.04. The third-order valence-electron chi connectivity index (χ3n) is 2.42. The summed E-state index contributed by atoms with van der Waals surface area (Å²) in [6.07, 6.45) is 0. The van der Waals surface area contributed by atoms with Gasteiger partial charge in [-0.05, 0) is 52.3 Å². The number of benzene rings is 2. The van der Waals surface area contributed by atoms with Gasteiger partial charge in [0.1, 0.15) is 5.82 Å². The van der Waals surface area contributed by atoms with E-state index < -0.39 is 11.7 Å². The molecule has 2 aromatic rings. The summed E-state index contributed by atoms with van der Waals surface area (Å²) < 4.78 is 13.7. The number of nitrogens with two attached hydrogens (primary N) is 2. The minimum atomic E-state index is -0.454. The highest BCUT2D eigenvalue weighted by Gasteiger charge is 2.09. The average molecular weight is 324 g/mol. The van der Waals surface area contributed by atoms with Gasteiger partial charge in [0.15, 0.2) is 0 Å². The molecule has 0 saturated heterocycles. The summed E-state index contributed by atoms with van der Waals surface area (Å²) in [6.45, 7) is 0. The summed E-state index contributed by atoms with van der Waals surface area (Å²) in [5.41, 5.74) is 12.7. The van der Waals surface area contributed by atoms with Gasteiger partial charge in [-0.3, -0.25) is 4.79 Å². The van der Waals surface area contributed by atoms with E-state index in [1.54, 1.807) is 12.1 Å². The van der Waals surface area contributed by atoms with Crippen LogP contribution in [0.3, 0.4) is 0 Å². The topological polar surface area (TPSA) is 81.1 Å². The second-order valence-electron chi connectivity index (χ2n) is 3.97. The second-order valence-corrected chi connectivity index (χ2v) is 4.83. The summed E-state index contributed by atoms with van der Waals surface area (Å²) in [5.74, 6) is -0.856. The number of carbonyl (C=O) groups is 1. The van der Waals surface area contributed by atoms with E-state index in [-0.39, 0.29) is 0 Å². The highest BCUT2D eigenvalue weighted by atomic mass is 79.9. The number of halogens is 2. The van der Waals surface area contributed by atoms with Gasteiger partial charge in [-0.25, -0.2) is 4.39 Å². The van der Waals surface area contributed by atoms with Crippen molar-refractivity contribution in [3.8, 4) is 0 Å². The number of nitrogen functional groups attached to an aromatic ring is 2. The fraction of sp³-hybridized carbons (Fsp3) is 0. The molecule has 0 saturated carbocycles. The van der Waals surface area contributed by atoms with Crippen LogP contribution in [-0.4, -0.2) is 5.91 Å². The predicted octanol–water partition coefficient (Wildman–Crippen LogP) is 3.00. The fourth-order valence-corrected chi connectivity index (χ4v) is 1.83. The normalized spacial score (nSPS) is 10.2. The van der Waals surface area contributed by atoms with Crippen LogP contribution in [0.5, 0.6) is 0 Å². The van der Waals surface area contributed by atoms with E-state index in [1.165, 1.54) is 24.3 Å². The molecule has 0 aliphatic carbocycles. The van der Waals surface area contributed by atoms with Crippen LogP contribution in [0, 0.1) is 5.82 Å². The maximum atomic E-state index is 13.3. The second kappa shape index (κ2) is 5.27. The van der Waals surface area contributed by atoms with E-state index in [4.69, 9.17) is 11.5 Å². The van der Waals surface area contributed by atoms with E-state index in [9.17, 15) is 9.18 Å².